The van der Waals surface area contributed by atoms with Gasteiger partial charge in [-0.3, -0.25) is 0 Å². The number of carboxylic acids is 1. The van der Waals surface area contributed by atoms with Gasteiger partial charge < -0.3 is 10.8 Å². The van der Waals surface area contributed by atoms with E-state index in [1.807, 2.05) is 6.92 Å². The Bertz CT molecular complexity index is 350. The summed E-state index contributed by atoms with van der Waals surface area (Å²) >= 11 is 3.32. The van der Waals surface area contributed by atoms with Crippen LogP contribution in [0.5, 0.6) is 0 Å². The lowest BCUT2D eigenvalue weighted by atomic mass is 10.0. The average Bonchev–Trinajstić information content (AvgIpc) is 2.08. The molecule has 0 aromatic heterocycles. The van der Waals surface area contributed by atoms with E-state index in [1.165, 1.54) is 0 Å². The summed E-state index contributed by atoms with van der Waals surface area (Å²) in [6, 6.07) is 3.37. The van der Waals surface area contributed by atoms with Crippen LogP contribution in [0.2, 0.25) is 0 Å². The number of carbonyl (C=O) groups is 1. The molecule has 3 N–H and O–H groups in total. The van der Waals surface area contributed by atoms with Gasteiger partial charge in [0, 0.05) is 11.0 Å². The lowest BCUT2D eigenvalue weighted by molar-refractivity contribution is 0.0695. The minimum atomic E-state index is -0.934. The molecule has 1 aromatic carbocycles. The third kappa shape index (κ3) is 2.08. The van der Waals surface area contributed by atoms with Crippen LogP contribution in [0.3, 0.4) is 0 Å². The van der Waals surface area contributed by atoms with Gasteiger partial charge in [0.15, 0.2) is 0 Å². The number of benzene rings is 1. The summed E-state index contributed by atoms with van der Waals surface area (Å²) in [6.45, 7) is 2.08. The quantitative estimate of drug-likeness (QED) is 0.835. The summed E-state index contributed by atoms with van der Waals surface area (Å²) in [7, 11) is 0. The molecule has 0 heterocycles. The van der Waals surface area contributed by atoms with E-state index in [4.69, 9.17) is 10.8 Å². The van der Waals surface area contributed by atoms with Gasteiger partial charge in [-0.25, -0.2) is 4.79 Å². The van der Waals surface area contributed by atoms with Gasteiger partial charge in [-0.2, -0.15) is 0 Å². The first-order valence-electron chi connectivity index (χ1n) is 3.78. The van der Waals surface area contributed by atoms with Crippen molar-refractivity contribution in [3.63, 3.8) is 0 Å². The van der Waals surface area contributed by atoms with Crippen LogP contribution in [0.1, 0.15) is 21.5 Å². The number of hydrogen-bond donors (Lipinski definition) is 2. The van der Waals surface area contributed by atoms with Crippen LogP contribution in [0.15, 0.2) is 16.6 Å². The Morgan fingerprint density at radius 3 is 2.69 bits per heavy atom. The summed E-state index contributed by atoms with van der Waals surface area (Å²) in [5.41, 5.74) is 7.25. The zero-order chi connectivity index (χ0) is 10.0. The van der Waals surface area contributed by atoms with Gasteiger partial charge in [-0.15, -0.1) is 0 Å². The molecule has 0 spiro atoms. The molecule has 0 saturated carbocycles. The van der Waals surface area contributed by atoms with E-state index in [-0.39, 0.29) is 12.1 Å². The number of rotatable bonds is 2. The summed E-state index contributed by atoms with van der Waals surface area (Å²) < 4.78 is 0.887. The molecule has 70 valence electrons. The summed E-state index contributed by atoms with van der Waals surface area (Å²) in [5, 5.41) is 8.84. The molecule has 0 amide bonds. The lowest BCUT2D eigenvalue weighted by Gasteiger charge is -2.06. The molecule has 3 nitrogen and oxygen atoms in total. The van der Waals surface area contributed by atoms with E-state index in [2.05, 4.69) is 15.9 Å². The molecule has 0 unspecified atom stereocenters. The van der Waals surface area contributed by atoms with Crippen molar-refractivity contribution in [1.82, 2.24) is 0 Å². The van der Waals surface area contributed by atoms with Crippen molar-refractivity contribution in [2.24, 2.45) is 5.73 Å². The number of aromatic carboxylic acids is 1. The molecule has 1 rings (SSSR count). The second-order valence-electron chi connectivity index (χ2n) is 2.77. The van der Waals surface area contributed by atoms with Crippen molar-refractivity contribution in [2.45, 2.75) is 13.5 Å². The monoisotopic (exact) mass is 243 g/mol. The smallest absolute Gasteiger partial charge is 0.336 e. The standard InChI is InChI=1S/C9H10BrNO2/c1-5-2-7(9(12)13)6(4-11)3-8(5)10/h2-3H,4,11H2,1H3,(H,12,13). The lowest BCUT2D eigenvalue weighted by Crippen LogP contribution is -2.07. The van der Waals surface area contributed by atoms with E-state index in [0.717, 1.165) is 10.0 Å². The van der Waals surface area contributed by atoms with Gasteiger partial charge in [0.05, 0.1) is 5.56 Å². The van der Waals surface area contributed by atoms with E-state index in [9.17, 15) is 4.79 Å². The zero-order valence-electron chi connectivity index (χ0n) is 7.17. The maximum Gasteiger partial charge on any atom is 0.336 e. The second-order valence-corrected chi connectivity index (χ2v) is 3.62. The van der Waals surface area contributed by atoms with Gasteiger partial charge >= 0.3 is 5.97 Å². The minimum absolute atomic E-state index is 0.237. The van der Waals surface area contributed by atoms with Crippen LogP contribution >= 0.6 is 15.9 Å². The molecule has 0 radical (unpaired) electrons. The summed E-state index contributed by atoms with van der Waals surface area (Å²) in [6.07, 6.45) is 0. The Labute approximate surface area is 84.7 Å². The predicted octanol–water partition coefficient (Wildman–Crippen LogP) is 1.91. The molecule has 1 aromatic rings. The van der Waals surface area contributed by atoms with Crippen molar-refractivity contribution >= 4 is 21.9 Å². The molecule has 0 atom stereocenters. The Kier molecular flexibility index (Phi) is 3.06. The van der Waals surface area contributed by atoms with Gasteiger partial charge in [-0.1, -0.05) is 15.9 Å². The number of aryl methyl sites for hydroxylation is 1. The number of halogens is 1. The SMILES string of the molecule is Cc1cc(C(=O)O)c(CN)cc1Br. The van der Waals surface area contributed by atoms with E-state index in [0.29, 0.717) is 5.56 Å². The molecular weight excluding hydrogens is 234 g/mol. The fourth-order valence-electron chi connectivity index (χ4n) is 1.09. The first-order chi connectivity index (χ1) is 6.06. The molecule has 0 aliphatic heterocycles. The van der Waals surface area contributed by atoms with Crippen molar-refractivity contribution < 1.29 is 9.90 Å². The fourth-order valence-corrected chi connectivity index (χ4v) is 1.48. The summed E-state index contributed by atoms with van der Waals surface area (Å²) in [4.78, 5) is 10.8. The highest BCUT2D eigenvalue weighted by molar-refractivity contribution is 9.10. The molecule has 0 saturated heterocycles. The predicted molar refractivity (Wildman–Crippen MR) is 53.7 cm³/mol. The Balaban J connectivity index is 3.33. The van der Waals surface area contributed by atoms with Crippen LogP contribution in [-0.2, 0) is 6.54 Å². The third-order valence-corrected chi connectivity index (χ3v) is 2.69. The van der Waals surface area contributed by atoms with Crippen molar-refractivity contribution in [3.05, 3.63) is 33.3 Å². The van der Waals surface area contributed by atoms with Crippen molar-refractivity contribution in [2.75, 3.05) is 0 Å². The molecule has 0 fully saturated rings. The van der Waals surface area contributed by atoms with Gasteiger partial charge in [0.25, 0.3) is 0 Å². The Morgan fingerprint density at radius 2 is 2.23 bits per heavy atom. The molecule has 0 aliphatic rings. The van der Waals surface area contributed by atoms with E-state index < -0.39 is 5.97 Å². The number of nitrogens with two attached hydrogens (primary N) is 1. The number of hydrogen-bond acceptors (Lipinski definition) is 2. The average molecular weight is 244 g/mol. The topological polar surface area (TPSA) is 63.3 Å². The highest BCUT2D eigenvalue weighted by atomic mass is 79.9. The van der Waals surface area contributed by atoms with Gasteiger partial charge in [0.1, 0.15) is 0 Å². The molecule has 4 heteroatoms. The largest absolute Gasteiger partial charge is 0.478 e. The van der Waals surface area contributed by atoms with E-state index >= 15 is 0 Å². The highest BCUT2D eigenvalue weighted by Gasteiger charge is 2.10. The maximum atomic E-state index is 10.8. The molecular formula is C9H10BrNO2. The highest BCUT2D eigenvalue weighted by Crippen LogP contribution is 2.21. The Hall–Kier alpha value is -0.870. The second kappa shape index (κ2) is 3.89. The first-order valence-corrected chi connectivity index (χ1v) is 4.58. The minimum Gasteiger partial charge on any atom is -0.478 e. The maximum absolute atomic E-state index is 10.8. The summed E-state index contributed by atoms with van der Waals surface area (Å²) in [5.74, 6) is -0.934. The van der Waals surface area contributed by atoms with Crippen LogP contribution in [0.4, 0.5) is 0 Å². The van der Waals surface area contributed by atoms with Crippen molar-refractivity contribution in [3.8, 4) is 0 Å². The zero-order valence-corrected chi connectivity index (χ0v) is 8.76. The fraction of sp³-hybridized carbons (Fsp3) is 0.222. The van der Waals surface area contributed by atoms with Gasteiger partial charge in [0.2, 0.25) is 0 Å². The van der Waals surface area contributed by atoms with Crippen LogP contribution in [0.25, 0.3) is 0 Å². The van der Waals surface area contributed by atoms with Gasteiger partial charge in [-0.05, 0) is 30.2 Å². The van der Waals surface area contributed by atoms with Crippen LogP contribution in [-0.4, -0.2) is 11.1 Å². The Morgan fingerprint density at radius 1 is 1.62 bits per heavy atom. The first kappa shape index (κ1) is 10.2. The molecule has 13 heavy (non-hydrogen) atoms. The van der Waals surface area contributed by atoms with E-state index in [1.54, 1.807) is 12.1 Å². The van der Waals surface area contributed by atoms with Crippen molar-refractivity contribution in [1.29, 1.82) is 0 Å². The molecule has 0 bridgehead atoms. The molecule has 0 aliphatic carbocycles. The third-order valence-electron chi connectivity index (χ3n) is 1.83. The van der Waals surface area contributed by atoms with Crippen LogP contribution < -0.4 is 5.73 Å². The number of carboxylic acid groups (broad SMARTS) is 1. The van der Waals surface area contributed by atoms with Crippen LogP contribution in [0, 0.1) is 6.92 Å². The normalized spacial score (nSPS) is 10.1.